The molecule has 2 aromatic rings. The van der Waals surface area contributed by atoms with Crippen LogP contribution in [0.2, 0.25) is 0 Å². The van der Waals surface area contributed by atoms with Gasteiger partial charge < -0.3 is 4.74 Å². The largest absolute Gasteiger partial charge is 0.453 e. The highest BCUT2D eigenvalue weighted by atomic mass is 19.1. The Hall–Kier alpha value is -1.90. The summed E-state index contributed by atoms with van der Waals surface area (Å²) in [5.41, 5.74) is 0. The van der Waals surface area contributed by atoms with Crippen LogP contribution in [0.15, 0.2) is 48.8 Å². The van der Waals surface area contributed by atoms with Crippen LogP contribution < -0.4 is 4.74 Å². The minimum absolute atomic E-state index is 0.209. The molecule has 0 bridgehead atoms. The predicted octanol–water partition coefficient (Wildman–Crippen LogP) is 3.01. The second kappa shape index (κ2) is 3.87. The Morgan fingerprint density at radius 1 is 1.07 bits per heavy atom. The van der Waals surface area contributed by atoms with Gasteiger partial charge in [-0.1, -0.05) is 12.1 Å². The molecule has 0 aliphatic heterocycles. The van der Waals surface area contributed by atoms with E-state index in [4.69, 9.17) is 4.74 Å². The molecule has 2 rings (SSSR count). The molecule has 2 nitrogen and oxygen atoms in total. The number of benzene rings is 1. The van der Waals surface area contributed by atoms with Crippen molar-refractivity contribution >= 4 is 0 Å². The standard InChI is InChI=1S/C11H8FNO/c12-10-5-1-2-6-11(10)14-9-4-3-7-13-8-9/h1-8H. The fourth-order valence-corrected chi connectivity index (χ4v) is 1.06. The van der Waals surface area contributed by atoms with E-state index in [1.807, 2.05) is 0 Å². The van der Waals surface area contributed by atoms with Crippen molar-refractivity contribution < 1.29 is 9.13 Å². The average molecular weight is 189 g/mol. The van der Waals surface area contributed by atoms with E-state index in [9.17, 15) is 4.39 Å². The van der Waals surface area contributed by atoms with Crippen LogP contribution in [0.5, 0.6) is 11.5 Å². The maximum absolute atomic E-state index is 13.1. The maximum Gasteiger partial charge on any atom is 0.165 e. The Labute approximate surface area is 81.0 Å². The Morgan fingerprint density at radius 3 is 2.64 bits per heavy atom. The van der Waals surface area contributed by atoms with Crippen LogP contribution >= 0.6 is 0 Å². The molecule has 0 atom stereocenters. The molecule has 0 saturated heterocycles. The van der Waals surface area contributed by atoms with Gasteiger partial charge in [0, 0.05) is 6.20 Å². The van der Waals surface area contributed by atoms with E-state index in [1.54, 1.807) is 36.5 Å². The maximum atomic E-state index is 13.1. The summed E-state index contributed by atoms with van der Waals surface area (Å²) in [6.45, 7) is 0. The van der Waals surface area contributed by atoms with Crippen LogP contribution in [0.1, 0.15) is 0 Å². The number of nitrogens with zero attached hydrogens (tertiary/aromatic N) is 1. The van der Waals surface area contributed by atoms with Crippen molar-refractivity contribution in [3.63, 3.8) is 0 Å². The minimum atomic E-state index is -0.378. The molecule has 0 spiro atoms. The number of halogens is 1. The van der Waals surface area contributed by atoms with E-state index in [2.05, 4.69) is 4.98 Å². The molecular formula is C11H8FNO. The molecule has 70 valence electrons. The van der Waals surface area contributed by atoms with Gasteiger partial charge in [-0.3, -0.25) is 4.98 Å². The first kappa shape index (κ1) is 8.69. The van der Waals surface area contributed by atoms with Crippen LogP contribution in [0.25, 0.3) is 0 Å². The summed E-state index contributed by atoms with van der Waals surface area (Å²) in [6.07, 6.45) is 3.17. The van der Waals surface area contributed by atoms with E-state index in [-0.39, 0.29) is 11.6 Å². The van der Waals surface area contributed by atoms with E-state index in [0.29, 0.717) is 5.75 Å². The lowest BCUT2D eigenvalue weighted by atomic mass is 10.3. The quantitative estimate of drug-likeness (QED) is 0.724. The van der Waals surface area contributed by atoms with Gasteiger partial charge >= 0.3 is 0 Å². The van der Waals surface area contributed by atoms with E-state index in [0.717, 1.165) is 0 Å². The van der Waals surface area contributed by atoms with Crippen molar-refractivity contribution in [1.82, 2.24) is 4.98 Å². The van der Waals surface area contributed by atoms with Crippen molar-refractivity contribution in [2.45, 2.75) is 0 Å². The van der Waals surface area contributed by atoms with Crippen molar-refractivity contribution in [3.8, 4) is 11.5 Å². The van der Waals surface area contributed by atoms with E-state index in [1.165, 1.54) is 12.3 Å². The molecule has 0 amide bonds. The van der Waals surface area contributed by atoms with Crippen LogP contribution in [0, 0.1) is 5.82 Å². The SMILES string of the molecule is Fc1ccccc1Oc1cccnc1. The Morgan fingerprint density at radius 2 is 1.93 bits per heavy atom. The van der Waals surface area contributed by atoms with Gasteiger partial charge in [0.1, 0.15) is 5.75 Å². The molecule has 0 aliphatic carbocycles. The minimum Gasteiger partial charge on any atom is -0.453 e. The molecule has 0 radical (unpaired) electrons. The molecule has 14 heavy (non-hydrogen) atoms. The molecule has 1 aromatic carbocycles. The van der Waals surface area contributed by atoms with Crippen molar-refractivity contribution in [2.75, 3.05) is 0 Å². The first-order valence-electron chi connectivity index (χ1n) is 4.18. The number of aromatic nitrogens is 1. The monoisotopic (exact) mass is 189 g/mol. The van der Waals surface area contributed by atoms with Crippen molar-refractivity contribution in [3.05, 3.63) is 54.6 Å². The lowest BCUT2D eigenvalue weighted by Gasteiger charge is -2.04. The third-order valence-electron chi connectivity index (χ3n) is 1.70. The molecule has 0 aliphatic rings. The molecule has 0 saturated carbocycles. The second-order valence-electron chi connectivity index (χ2n) is 2.72. The smallest absolute Gasteiger partial charge is 0.165 e. The van der Waals surface area contributed by atoms with Crippen LogP contribution in [-0.4, -0.2) is 4.98 Å². The van der Waals surface area contributed by atoms with Crippen LogP contribution in [-0.2, 0) is 0 Å². The van der Waals surface area contributed by atoms with Gasteiger partial charge in [-0.15, -0.1) is 0 Å². The fourth-order valence-electron chi connectivity index (χ4n) is 1.06. The Balaban J connectivity index is 2.24. The highest BCUT2D eigenvalue weighted by Crippen LogP contribution is 2.22. The van der Waals surface area contributed by atoms with Crippen molar-refractivity contribution in [2.24, 2.45) is 0 Å². The highest BCUT2D eigenvalue weighted by molar-refractivity contribution is 5.29. The van der Waals surface area contributed by atoms with Gasteiger partial charge in [0.15, 0.2) is 11.6 Å². The highest BCUT2D eigenvalue weighted by Gasteiger charge is 2.01. The molecule has 1 aromatic heterocycles. The molecule has 1 heterocycles. The number of hydrogen-bond acceptors (Lipinski definition) is 2. The number of ether oxygens (including phenoxy) is 1. The molecule has 0 N–H and O–H groups in total. The first-order chi connectivity index (χ1) is 6.86. The van der Waals surface area contributed by atoms with E-state index < -0.39 is 0 Å². The molecule has 3 heteroatoms. The van der Waals surface area contributed by atoms with Gasteiger partial charge in [-0.25, -0.2) is 4.39 Å². The van der Waals surface area contributed by atoms with Gasteiger partial charge in [0.05, 0.1) is 6.20 Å². The summed E-state index contributed by atoms with van der Waals surface area (Å²) in [7, 11) is 0. The summed E-state index contributed by atoms with van der Waals surface area (Å²) in [5, 5.41) is 0. The summed E-state index contributed by atoms with van der Waals surface area (Å²) in [5.74, 6) is 0.356. The third kappa shape index (κ3) is 1.88. The number of rotatable bonds is 2. The average Bonchev–Trinajstić information content (AvgIpc) is 2.23. The van der Waals surface area contributed by atoms with E-state index >= 15 is 0 Å². The zero-order valence-electron chi connectivity index (χ0n) is 7.35. The molecular weight excluding hydrogens is 181 g/mol. The lowest BCUT2D eigenvalue weighted by molar-refractivity contribution is 0.440. The van der Waals surface area contributed by atoms with Gasteiger partial charge in [-0.2, -0.15) is 0 Å². The normalized spacial score (nSPS) is 9.79. The van der Waals surface area contributed by atoms with Gasteiger partial charge in [0.2, 0.25) is 0 Å². The van der Waals surface area contributed by atoms with Crippen LogP contribution in [0.4, 0.5) is 4.39 Å². The lowest BCUT2D eigenvalue weighted by Crippen LogP contribution is -1.87. The number of pyridine rings is 1. The number of hydrogen-bond donors (Lipinski definition) is 0. The summed E-state index contributed by atoms with van der Waals surface area (Å²) in [4.78, 5) is 3.86. The topological polar surface area (TPSA) is 22.1 Å². The Bertz CT molecular complexity index is 417. The zero-order valence-corrected chi connectivity index (χ0v) is 7.35. The van der Waals surface area contributed by atoms with Gasteiger partial charge in [-0.05, 0) is 24.3 Å². The zero-order chi connectivity index (χ0) is 9.80. The fraction of sp³-hybridized carbons (Fsp3) is 0. The second-order valence-corrected chi connectivity index (χ2v) is 2.72. The Kier molecular flexibility index (Phi) is 2.40. The summed E-state index contributed by atoms with van der Waals surface area (Å²) < 4.78 is 18.4. The predicted molar refractivity (Wildman–Crippen MR) is 50.7 cm³/mol. The summed E-state index contributed by atoms with van der Waals surface area (Å²) >= 11 is 0. The van der Waals surface area contributed by atoms with Crippen molar-refractivity contribution in [1.29, 1.82) is 0 Å². The third-order valence-corrected chi connectivity index (χ3v) is 1.70. The molecule has 0 unspecified atom stereocenters. The molecule has 0 fully saturated rings. The summed E-state index contributed by atoms with van der Waals surface area (Å²) in [6, 6.07) is 9.71. The van der Waals surface area contributed by atoms with Crippen LogP contribution in [0.3, 0.4) is 0 Å². The first-order valence-corrected chi connectivity index (χ1v) is 4.18. The van der Waals surface area contributed by atoms with Gasteiger partial charge in [0.25, 0.3) is 0 Å². The number of para-hydroxylation sites is 1.